The Hall–Kier alpha value is -2.04. The van der Waals surface area contributed by atoms with Crippen molar-refractivity contribution in [1.29, 1.82) is 0 Å². The van der Waals surface area contributed by atoms with Crippen LogP contribution in [0.1, 0.15) is 68.6 Å². The quantitative estimate of drug-likeness (QED) is 0.370. The molecule has 5 nitrogen and oxygen atoms in total. The van der Waals surface area contributed by atoms with Crippen LogP contribution in [0.2, 0.25) is 0 Å². The minimum absolute atomic E-state index is 0.0197. The van der Waals surface area contributed by atoms with Crippen LogP contribution in [0.4, 0.5) is 0 Å². The molecular formula is C18H26O5. The maximum atomic E-state index is 11.9. The second-order valence-electron chi connectivity index (χ2n) is 5.49. The summed E-state index contributed by atoms with van der Waals surface area (Å²) >= 11 is 0. The lowest BCUT2D eigenvalue weighted by Gasteiger charge is -2.11. The van der Waals surface area contributed by atoms with Crippen molar-refractivity contribution < 1.29 is 24.2 Å². The largest absolute Gasteiger partial charge is 0.492 e. The van der Waals surface area contributed by atoms with E-state index >= 15 is 0 Å². The van der Waals surface area contributed by atoms with Crippen molar-refractivity contribution in [2.75, 3.05) is 7.11 Å². The molecule has 0 aromatic heterocycles. The monoisotopic (exact) mass is 322 g/mol. The standard InChI is InChI=1S/C18H26O5/c1-3-4-5-6-7-8-9-13-16(19)23-15-12-10-11-14(18(20)21)17(15)22-2/h10-12H,3-9,13H2,1-2H3,(H,20,21). The lowest BCUT2D eigenvalue weighted by Crippen LogP contribution is -2.10. The summed E-state index contributed by atoms with van der Waals surface area (Å²) in [6.45, 7) is 2.18. The highest BCUT2D eigenvalue weighted by atomic mass is 16.6. The number of rotatable bonds is 11. The van der Waals surface area contributed by atoms with Gasteiger partial charge in [0.15, 0.2) is 11.5 Å². The number of carbonyl (C=O) groups excluding carboxylic acids is 1. The van der Waals surface area contributed by atoms with Crippen LogP contribution in [0.15, 0.2) is 18.2 Å². The summed E-state index contributed by atoms with van der Waals surface area (Å²) in [6, 6.07) is 4.48. The summed E-state index contributed by atoms with van der Waals surface area (Å²) in [5, 5.41) is 9.10. The van der Waals surface area contributed by atoms with Gasteiger partial charge >= 0.3 is 11.9 Å². The first-order chi connectivity index (χ1) is 11.1. The fourth-order valence-corrected chi connectivity index (χ4v) is 2.38. The summed E-state index contributed by atoms with van der Waals surface area (Å²) in [5.41, 5.74) is -0.0197. The maximum Gasteiger partial charge on any atom is 0.339 e. The van der Waals surface area contributed by atoms with Gasteiger partial charge in [0.25, 0.3) is 0 Å². The van der Waals surface area contributed by atoms with E-state index in [9.17, 15) is 9.59 Å². The van der Waals surface area contributed by atoms with Crippen LogP contribution < -0.4 is 9.47 Å². The van der Waals surface area contributed by atoms with Crippen LogP contribution in [0.3, 0.4) is 0 Å². The highest BCUT2D eigenvalue weighted by molar-refractivity contribution is 5.92. The van der Waals surface area contributed by atoms with Gasteiger partial charge in [0.05, 0.1) is 7.11 Å². The predicted octanol–water partition coefficient (Wildman–Crippen LogP) is 4.44. The van der Waals surface area contributed by atoms with E-state index in [0.29, 0.717) is 6.42 Å². The first-order valence-electron chi connectivity index (χ1n) is 8.21. The number of carbonyl (C=O) groups is 2. The minimum Gasteiger partial charge on any atom is -0.492 e. The zero-order valence-corrected chi connectivity index (χ0v) is 14.0. The van der Waals surface area contributed by atoms with Crippen molar-refractivity contribution in [1.82, 2.24) is 0 Å². The molecule has 1 N–H and O–H groups in total. The van der Waals surface area contributed by atoms with E-state index in [4.69, 9.17) is 14.6 Å². The molecule has 0 heterocycles. The molecule has 0 fully saturated rings. The number of hydrogen-bond donors (Lipinski definition) is 1. The molecule has 128 valence electrons. The van der Waals surface area contributed by atoms with E-state index in [1.807, 2.05) is 0 Å². The number of carboxylic acids is 1. The average molecular weight is 322 g/mol. The molecule has 0 aliphatic heterocycles. The SMILES string of the molecule is CCCCCCCCCC(=O)Oc1cccc(C(=O)O)c1OC. The molecule has 0 amide bonds. The molecule has 0 saturated heterocycles. The third-order valence-electron chi connectivity index (χ3n) is 3.62. The summed E-state index contributed by atoms with van der Waals surface area (Å²) in [5.74, 6) is -1.25. The van der Waals surface area contributed by atoms with Gasteiger partial charge in [-0.15, -0.1) is 0 Å². The molecule has 0 radical (unpaired) electrons. The fraction of sp³-hybridized carbons (Fsp3) is 0.556. The number of esters is 1. The van der Waals surface area contributed by atoms with E-state index in [2.05, 4.69) is 6.92 Å². The van der Waals surface area contributed by atoms with Gasteiger partial charge in [0, 0.05) is 6.42 Å². The third-order valence-corrected chi connectivity index (χ3v) is 3.62. The molecule has 5 heteroatoms. The number of benzene rings is 1. The number of unbranched alkanes of at least 4 members (excludes halogenated alkanes) is 6. The predicted molar refractivity (Wildman–Crippen MR) is 88.2 cm³/mol. The second kappa shape index (κ2) is 10.6. The van der Waals surface area contributed by atoms with Gasteiger partial charge in [0.1, 0.15) is 5.56 Å². The van der Waals surface area contributed by atoms with Crippen LogP contribution in [0.5, 0.6) is 11.5 Å². The van der Waals surface area contributed by atoms with Crippen LogP contribution in [0, 0.1) is 0 Å². The molecule has 1 aromatic carbocycles. The first kappa shape index (κ1) is 19.0. The molecule has 1 rings (SSSR count). The summed E-state index contributed by atoms with van der Waals surface area (Å²) in [4.78, 5) is 23.0. The summed E-state index contributed by atoms with van der Waals surface area (Å²) < 4.78 is 10.3. The van der Waals surface area contributed by atoms with E-state index in [1.165, 1.54) is 51.0 Å². The van der Waals surface area contributed by atoms with E-state index < -0.39 is 5.97 Å². The summed E-state index contributed by atoms with van der Waals surface area (Å²) in [6.07, 6.45) is 8.19. The Bertz CT molecular complexity index is 510. The topological polar surface area (TPSA) is 72.8 Å². The number of aromatic carboxylic acids is 1. The van der Waals surface area contributed by atoms with Gasteiger partial charge in [-0.1, -0.05) is 51.5 Å². The lowest BCUT2D eigenvalue weighted by atomic mass is 10.1. The zero-order valence-electron chi connectivity index (χ0n) is 14.0. The molecule has 0 bridgehead atoms. The molecule has 0 atom stereocenters. The average Bonchev–Trinajstić information content (AvgIpc) is 2.53. The highest BCUT2D eigenvalue weighted by Crippen LogP contribution is 2.31. The van der Waals surface area contributed by atoms with Crippen LogP contribution in [-0.4, -0.2) is 24.2 Å². The molecule has 23 heavy (non-hydrogen) atoms. The van der Waals surface area contributed by atoms with Crippen molar-refractivity contribution in [2.45, 2.75) is 58.3 Å². The van der Waals surface area contributed by atoms with Crippen molar-refractivity contribution in [3.05, 3.63) is 23.8 Å². The summed E-state index contributed by atoms with van der Waals surface area (Å²) in [7, 11) is 1.36. The number of ether oxygens (including phenoxy) is 2. The molecule has 0 saturated carbocycles. The minimum atomic E-state index is -1.12. The molecular weight excluding hydrogens is 296 g/mol. The maximum absolute atomic E-state index is 11.9. The molecule has 0 spiro atoms. The van der Waals surface area contributed by atoms with Crippen molar-refractivity contribution in [3.8, 4) is 11.5 Å². The van der Waals surface area contributed by atoms with Crippen LogP contribution in [-0.2, 0) is 4.79 Å². The van der Waals surface area contributed by atoms with Crippen LogP contribution >= 0.6 is 0 Å². The Morgan fingerprint density at radius 1 is 1.04 bits per heavy atom. The van der Waals surface area contributed by atoms with Crippen molar-refractivity contribution in [3.63, 3.8) is 0 Å². The Kier molecular flexibility index (Phi) is 8.80. The lowest BCUT2D eigenvalue weighted by molar-refractivity contribution is -0.134. The molecule has 0 aliphatic carbocycles. The van der Waals surface area contributed by atoms with Crippen LogP contribution in [0.25, 0.3) is 0 Å². The molecule has 0 unspecified atom stereocenters. The van der Waals surface area contributed by atoms with Gasteiger partial charge in [-0.25, -0.2) is 4.79 Å². The number of carboxylic acid groups (broad SMARTS) is 1. The van der Waals surface area contributed by atoms with E-state index in [1.54, 1.807) is 0 Å². The third kappa shape index (κ3) is 6.72. The Labute approximate surface area is 137 Å². The molecule has 0 aliphatic rings. The molecule has 1 aromatic rings. The van der Waals surface area contributed by atoms with Gasteiger partial charge in [-0.2, -0.15) is 0 Å². The number of hydrogen-bond acceptors (Lipinski definition) is 4. The van der Waals surface area contributed by atoms with Gasteiger partial charge in [-0.05, 0) is 18.6 Å². The number of methoxy groups -OCH3 is 1. The van der Waals surface area contributed by atoms with Gasteiger partial charge in [-0.3, -0.25) is 4.79 Å². The Balaban J connectivity index is 2.43. The van der Waals surface area contributed by atoms with Gasteiger partial charge in [0.2, 0.25) is 0 Å². The van der Waals surface area contributed by atoms with E-state index in [-0.39, 0.29) is 23.0 Å². The normalized spacial score (nSPS) is 10.3. The highest BCUT2D eigenvalue weighted by Gasteiger charge is 2.17. The van der Waals surface area contributed by atoms with E-state index in [0.717, 1.165) is 19.3 Å². The Morgan fingerprint density at radius 3 is 2.30 bits per heavy atom. The fourth-order valence-electron chi connectivity index (χ4n) is 2.38. The number of para-hydroxylation sites is 1. The van der Waals surface area contributed by atoms with Gasteiger partial charge < -0.3 is 14.6 Å². The van der Waals surface area contributed by atoms with Crippen molar-refractivity contribution in [2.24, 2.45) is 0 Å². The van der Waals surface area contributed by atoms with Crippen molar-refractivity contribution >= 4 is 11.9 Å². The zero-order chi connectivity index (χ0) is 17.1. The Morgan fingerprint density at radius 2 is 1.70 bits per heavy atom. The first-order valence-corrected chi connectivity index (χ1v) is 8.21. The smallest absolute Gasteiger partial charge is 0.339 e. The second-order valence-corrected chi connectivity index (χ2v) is 5.49.